The summed E-state index contributed by atoms with van der Waals surface area (Å²) in [5, 5.41) is 0.526. The Bertz CT molecular complexity index is 1490. The monoisotopic (exact) mass is 478 g/mol. The maximum Gasteiger partial charge on any atom is 0.261 e. The van der Waals surface area contributed by atoms with Crippen molar-refractivity contribution < 1.29 is 13.2 Å². The summed E-state index contributed by atoms with van der Waals surface area (Å²) in [4.78, 5) is 32.9. The van der Waals surface area contributed by atoms with Gasteiger partial charge in [-0.2, -0.15) is 4.31 Å². The Morgan fingerprint density at radius 1 is 0.882 bits per heavy atom. The molecule has 0 aliphatic carbocycles. The number of hydrogen-bond acceptors (Lipinski definition) is 5. The zero-order valence-corrected chi connectivity index (χ0v) is 19.7. The van der Waals surface area contributed by atoms with Crippen molar-refractivity contribution in [2.45, 2.75) is 50.0 Å². The summed E-state index contributed by atoms with van der Waals surface area (Å²) < 4.78 is 29.3. The fourth-order valence-electron chi connectivity index (χ4n) is 5.40. The number of nitrogens with zero attached hydrogens (tertiary/aromatic N) is 4. The van der Waals surface area contributed by atoms with Crippen LogP contribution in [0.15, 0.2) is 46.1 Å². The van der Waals surface area contributed by atoms with Gasteiger partial charge >= 0.3 is 0 Å². The Morgan fingerprint density at radius 3 is 2.50 bits per heavy atom. The molecule has 1 saturated heterocycles. The molecule has 2 aromatic carbocycles. The SMILES string of the molecule is O=C(c1ccc2c(=O)n3c(nc2c1)CCC3)N1CCCc2cc(S(=O)(=O)N3CCCC3)ccc21. The Hall–Kier alpha value is -3.04. The van der Waals surface area contributed by atoms with Crippen LogP contribution in [-0.4, -0.2) is 47.8 Å². The number of fused-ring (bicyclic) bond motifs is 3. The number of carbonyl (C=O) groups excluding carboxylic acids is 1. The van der Waals surface area contributed by atoms with E-state index >= 15 is 0 Å². The molecule has 0 unspecified atom stereocenters. The van der Waals surface area contributed by atoms with Crippen LogP contribution in [0.5, 0.6) is 0 Å². The fourth-order valence-corrected chi connectivity index (χ4v) is 6.96. The van der Waals surface area contributed by atoms with E-state index in [0.717, 1.165) is 55.6 Å². The van der Waals surface area contributed by atoms with E-state index in [0.29, 0.717) is 47.5 Å². The lowest BCUT2D eigenvalue weighted by molar-refractivity contribution is 0.0985. The van der Waals surface area contributed by atoms with Gasteiger partial charge in [-0.3, -0.25) is 14.2 Å². The molecule has 0 radical (unpaired) electrons. The van der Waals surface area contributed by atoms with Crippen LogP contribution in [0.3, 0.4) is 0 Å². The van der Waals surface area contributed by atoms with Crippen molar-refractivity contribution in [2.24, 2.45) is 0 Å². The number of anilines is 1. The van der Waals surface area contributed by atoms with Gasteiger partial charge in [-0.25, -0.2) is 13.4 Å². The number of carbonyl (C=O) groups is 1. The third-order valence-electron chi connectivity index (χ3n) is 7.18. The molecule has 1 fully saturated rings. The van der Waals surface area contributed by atoms with Crippen LogP contribution in [-0.2, 0) is 29.4 Å². The molecule has 0 N–H and O–H groups in total. The fraction of sp³-hybridized carbons (Fsp3) is 0.400. The molecule has 34 heavy (non-hydrogen) atoms. The van der Waals surface area contributed by atoms with Gasteiger partial charge in [0, 0.05) is 43.9 Å². The number of aromatic nitrogens is 2. The number of sulfonamides is 1. The number of amides is 1. The second-order valence-electron chi connectivity index (χ2n) is 9.28. The number of benzene rings is 2. The third kappa shape index (κ3) is 3.37. The number of rotatable bonds is 3. The van der Waals surface area contributed by atoms with Gasteiger partial charge < -0.3 is 4.90 Å². The largest absolute Gasteiger partial charge is 0.308 e. The second-order valence-corrected chi connectivity index (χ2v) is 11.2. The Balaban J connectivity index is 1.34. The smallest absolute Gasteiger partial charge is 0.261 e. The molecule has 0 spiro atoms. The highest BCUT2D eigenvalue weighted by Crippen LogP contribution is 2.32. The van der Waals surface area contributed by atoms with Crippen LogP contribution in [0.4, 0.5) is 5.69 Å². The van der Waals surface area contributed by atoms with Crippen molar-refractivity contribution >= 4 is 32.5 Å². The maximum atomic E-state index is 13.5. The van der Waals surface area contributed by atoms with Crippen LogP contribution in [0.1, 0.15) is 47.4 Å². The van der Waals surface area contributed by atoms with Gasteiger partial charge in [-0.1, -0.05) is 0 Å². The van der Waals surface area contributed by atoms with E-state index in [9.17, 15) is 18.0 Å². The van der Waals surface area contributed by atoms with E-state index in [1.54, 1.807) is 50.2 Å². The van der Waals surface area contributed by atoms with Crippen molar-refractivity contribution in [3.05, 3.63) is 63.7 Å². The summed E-state index contributed by atoms with van der Waals surface area (Å²) in [6.07, 6.45) is 4.94. The second kappa shape index (κ2) is 8.02. The minimum atomic E-state index is -3.51. The molecule has 176 valence electrons. The lowest BCUT2D eigenvalue weighted by atomic mass is 10.0. The molecule has 9 heteroatoms. The van der Waals surface area contributed by atoms with Gasteiger partial charge in [0.1, 0.15) is 5.82 Å². The standard InChI is InChI=1S/C25H26N4O4S/c30-24(18-7-9-20-21(16-18)26-23-6-4-14-29(23)25(20)31)28-13-3-5-17-15-19(8-10-22(17)28)34(32,33)27-11-1-2-12-27/h7-10,15-16H,1-6,11-14H2. The Kier molecular flexibility index (Phi) is 5.07. The topological polar surface area (TPSA) is 92.6 Å². The van der Waals surface area contributed by atoms with Crippen molar-refractivity contribution in [2.75, 3.05) is 24.5 Å². The highest BCUT2D eigenvalue weighted by Gasteiger charge is 2.30. The first-order chi connectivity index (χ1) is 16.4. The highest BCUT2D eigenvalue weighted by atomic mass is 32.2. The molecule has 0 saturated carbocycles. The molecule has 1 amide bonds. The maximum absolute atomic E-state index is 13.5. The van der Waals surface area contributed by atoms with Gasteiger partial charge in [0.2, 0.25) is 10.0 Å². The minimum absolute atomic E-state index is 0.0495. The first-order valence-electron chi connectivity index (χ1n) is 11.9. The molecule has 3 aliphatic rings. The quantitative estimate of drug-likeness (QED) is 0.577. The van der Waals surface area contributed by atoms with Gasteiger partial charge in [-0.15, -0.1) is 0 Å². The van der Waals surface area contributed by atoms with E-state index in [1.165, 1.54) is 0 Å². The summed E-state index contributed by atoms with van der Waals surface area (Å²) in [6.45, 7) is 2.37. The normalized spacial score (nSPS) is 18.3. The van der Waals surface area contributed by atoms with Crippen LogP contribution < -0.4 is 10.5 Å². The predicted octanol–water partition coefficient (Wildman–Crippen LogP) is 2.72. The van der Waals surface area contributed by atoms with Crippen LogP contribution in [0.2, 0.25) is 0 Å². The minimum Gasteiger partial charge on any atom is -0.308 e. The van der Waals surface area contributed by atoms with E-state index in [-0.39, 0.29) is 11.5 Å². The summed E-state index contributed by atoms with van der Waals surface area (Å²) in [5.74, 6) is 0.609. The summed E-state index contributed by atoms with van der Waals surface area (Å²) in [5.41, 5.74) is 2.59. The van der Waals surface area contributed by atoms with E-state index in [2.05, 4.69) is 4.98 Å². The van der Waals surface area contributed by atoms with E-state index < -0.39 is 10.0 Å². The van der Waals surface area contributed by atoms with Gasteiger partial charge in [0.15, 0.2) is 0 Å². The first kappa shape index (κ1) is 21.5. The van der Waals surface area contributed by atoms with Crippen LogP contribution in [0, 0.1) is 0 Å². The molecule has 8 nitrogen and oxygen atoms in total. The van der Waals surface area contributed by atoms with Crippen LogP contribution >= 0.6 is 0 Å². The molecule has 3 aliphatic heterocycles. The first-order valence-corrected chi connectivity index (χ1v) is 13.4. The number of aryl methyl sites for hydroxylation is 2. The average molecular weight is 479 g/mol. The highest BCUT2D eigenvalue weighted by molar-refractivity contribution is 7.89. The predicted molar refractivity (Wildman–Crippen MR) is 129 cm³/mol. The zero-order valence-electron chi connectivity index (χ0n) is 18.9. The van der Waals surface area contributed by atoms with E-state index in [4.69, 9.17) is 0 Å². The van der Waals surface area contributed by atoms with Gasteiger partial charge in [0.05, 0.1) is 15.8 Å². The lowest BCUT2D eigenvalue weighted by Crippen LogP contribution is -2.36. The van der Waals surface area contributed by atoms with Crippen molar-refractivity contribution in [3.8, 4) is 0 Å². The molecule has 4 heterocycles. The molecule has 0 atom stereocenters. The molecule has 1 aromatic heterocycles. The zero-order chi connectivity index (χ0) is 23.4. The van der Waals surface area contributed by atoms with Crippen LogP contribution in [0.25, 0.3) is 10.9 Å². The summed E-state index contributed by atoms with van der Waals surface area (Å²) in [7, 11) is -3.51. The summed E-state index contributed by atoms with van der Waals surface area (Å²) >= 11 is 0. The Labute approximate surface area is 197 Å². The van der Waals surface area contributed by atoms with Gasteiger partial charge in [-0.05, 0) is 74.1 Å². The molecular weight excluding hydrogens is 452 g/mol. The molecule has 6 rings (SSSR count). The van der Waals surface area contributed by atoms with Gasteiger partial charge in [0.25, 0.3) is 11.5 Å². The van der Waals surface area contributed by atoms with Crippen molar-refractivity contribution in [1.82, 2.24) is 13.9 Å². The van der Waals surface area contributed by atoms with Crippen molar-refractivity contribution in [1.29, 1.82) is 0 Å². The average Bonchev–Trinajstić information content (AvgIpc) is 3.55. The summed E-state index contributed by atoms with van der Waals surface area (Å²) in [6, 6.07) is 10.2. The molecule has 3 aromatic rings. The lowest BCUT2D eigenvalue weighted by Gasteiger charge is -2.30. The third-order valence-corrected chi connectivity index (χ3v) is 9.08. The van der Waals surface area contributed by atoms with E-state index in [1.807, 2.05) is 0 Å². The molecular formula is C25H26N4O4S. The molecule has 0 bridgehead atoms. The Morgan fingerprint density at radius 2 is 1.68 bits per heavy atom. The number of hydrogen-bond donors (Lipinski definition) is 0. The van der Waals surface area contributed by atoms with Crippen molar-refractivity contribution in [3.63, 3.8) is 0 Å².